The van der Waals surface area contributed by atoms with Crippen molar-refractivity contribution in [1.29, 1.82) is 0 Å². The Morgan fingerprint density at radius 3 is 3.16 bits per heavy atom. The smallest absolute Gasteiger partial charge is 0.251 e. The number of carbonyl (C=O) groups excluding carboxylic acids is 1. The van der Waals surface area contributed by atoms with Crippen LogP contribution >= 0.6 is 15.9 Å². The second kappa shape index (κ2) is 4.65. The standard InChI is InChI=1S/C12H12BrN5O/c1-2-18-12(16-11(13)17-18)15-8-3-4-9-7(5-8)6-14-10(9)19/h3-5H,2,6H2,1H3,(H,14,19)(H,15,16,17). The van der Waals surface area contributed by atoms with E-state index >= 15 is 0 Å². The molecule has 1 aromatic heterocycles. The van der Waals surface area contributed by atoms with E-state index in [1.807, 2.05) is 25.1 Å². The first-order valence-electron chi connectivity index (χ1n) is 5.96. The summed E-state index contributed by atoms with van der Waals surface area (Å²) in [7, 11) is 0. The second-order valence-electron chi connectivity index (χ2n) is 4.20. The summed E-state index contributed by atoms with van der Waals surface area (Å²) in [6, 6.07) is 5.64. The Kier molecular flexibility index (Phi) is 2.98. The third-order valence-electron chi connectivity index (χ3n) is 2.99. The van der Waals surface area contributed by atoms with E-state index in [0.29, 0.717) is 17.2 Å². The Hall–Kier alpha value is -1.89. The molecule has 98 valence electrons. The van der Waals surface area contributed by atoms with Gasteiger partial charge >= 0.3 is 0 Å². The quantitative estimate of drug-likeness (QED) is 0.907. The van der Waals surface area contributed by atoms with Gasteiger partial charge in [0.15, 0.2) is 0 Å². The molecule has 0 saturated heterocycles. The van der Waals surface area contributed by atoms with Gasteiger partial charge in [-0.25, -0.2) is 4.68 Å². The van der Waals surface area contributed by atoms with Gasteiger partial charge in [-0.1, -0.05) is 0 Å². The van der Waals surface area contributed by atoms with Gasteiger partial charge in [0.05, 0.1) is 0 Å². The van der Waals surface area contributed by atoms with E-state index in [1.165, 1.54) is 0 Å². The topological polar surface area (TPSA) is 71.8 Å². The van der Waals surface area contributed by atoms with Gasteiger partial charge in [-0.2, -0.15) is 4.98 Å². The van der Waals surface area contributed by atoms with Crippen molar-refractivity contribution in [2.24, 2.45) is 0 Å². The molecule has 1 aliphatic heterocycles. The summed E-state index contributed by atoms with van der Waals surface area (Å²) < 4.78 is 2.32. The molecule has 19 heavy (non-hydrogen) atoms. The largest absolute Gasteiger partial charge is 0.348 e. The van der Waals surface area contributed by atoms with Gasteiger partial charge in [-0.05, 0) is 46.6 Å². The maximum atomic E-state index is 11.5. The van der Waals surface area contributed by atoms with Crippen LogP contribution in [-0.4, -0.2) is 20.7 Å². The Morgan fingerprint density at radius 2 is 2.37 bits per heavy atom. The average Bonchev–Trinajstić information content (AvgIpc) is 2.93. The number of anilines is 2. The van der Waals surface area contributed by atoms with E-state index in [2.05, 4.69) is 36.6 Å². The van der Waals surface area contributed by atoms with Crippen molar-refractivity contribution < 1.29 is 4.79 Å². The molecule has 0 saturated carbocycles. The highest BCUT2D eigenvalue weighted by atomic mass is 79.9. The number of rotatable bonds is 3. The zero-order valence-corrected chi connectivity index (χ0v) is 11.9. The van der Waals surface area contributed by atoms with Crippen molar-refractivity contribution in [2.75, 3.05) is 5.32 Å². The minimum Gasteiger partial charge on any atom is -0.348 e. The first-order chi connectivity index (χ1) is 9.17. The van der Waals surface area contributed by atoms with Crippen molar-refractivity contribution in [3.63, 3.8) is 0 Å². The van der Waals surface area contributed by atoms with Crippen molar-refractivity contribution >= 4 is 33.5 Å². The van der Waals surface area contributed by atoms with Gasteiger partial charge in [-0.15, -0.1) is 5.10 Å². The van der Waals surface area contributed by atoms with Crippen LogP contribution in [0.25, 0.3) is 0 Å². The Balaban J connectivity index is 1.90. The molecule has 0 spiro atoms. The summed E-state index contributed by atoms with van der Waals surface area (Å²) in [5, 5.41) is 10.2. The molecule has 1 amide bonds. The zero-order valence-electron chi connectivity index (χ0n) is 10.3. The number of carbonyl (C=O) groups is 1. The molecule has 7 heteroatoms. The highest BCUT2D eigenvalue weighted by Crippen LogP contribution is 2.23. The fourth-order valence-corrected chi connectivity index (χ4v) is 2.43. The molecule has 0 atom stereocenters. The summed E-state index contributed by atoms with van der Waals surface area (Å²) in [4.78, 5) is 15.7. The van der Waals surface area contributed by atoms with Gasteiger partial charge in [0.25, 0.3) is 5.91 Å². The van der Waals surface area contributed by atoms with Gasteiger partial charge in [0.2, 0.25) is 10.7 Å². The number of fused-ring (bicyclic) bond motifs is 1. The first kappa shape index (κ1) is 12.2. The molecule has 1 aromatic carbocycles. The van der Waals surface area contributed by atoms with Crippen molar-refractivity contribution in [3.05, 3.63) is 34.1 Å². The predicted molar refractivity (Wildman–Crippen MR) is 74.3 cm³/mol. The monoisotopic (exact) mass is 321 g/mol. The number of hydrogen-bond acceptors (Lipinski definition) is 4. The number of amides is 1. The predicted octanol–water partition coefficient (Wildman–Crippen LogP) is 2.05. The Labute approximate surface area is 118 Å². The van der Waals surface area contributed by atoms with Crippen LogP contribution in [0.5, 0.6) is 0 Å². The summed E-state index contributed by atoms with van der Waals surface area (Å²) in [6.45, 7) is 3.30. The molecular formula is C12H12BrN5O. The van der Waals surface area contributed by atoms with Crippen LogP contribution in [0, 0.1) is 0 Å². The zero-order chi connectivity index (χ0) is 13.4. The lowest BCUT2D eigenvalue weighted by Gasteiger charge is -2.07. The lowest BCUT2D eigenvalue weighted by Crippen LogP contribution is -2.12. The average molecular weight is 322 g/mol. The molecular weight excluding hydrogens is 310 g/mol. The van der Waals surface area contributed by atoms with Crippen LogP contribution in [0.2, 0.25) is 0 Å². The van der Waals surface area contributed by atoms with Crippen LogP contribution in [0.15, 0.2) is 22.9 Å². The lowest BCUT2D eigenvalue weighted by molar-refractivity contribution is 0.0966. The van der Waals surface area contributed by atoms with E-state index < -0.39 is 0 Å². The first-order valence-corrected chi connectivity index (χ1v) is 6.75. The Bertz CT molecular complexity index is 652. The molecule has 0 bridgehead atoms. The summed E-state index contributed by atoms with van der Waals surface area (Å²) in [5.74, 6) is 0.660. The SMILES string of the molecule is CCn1nc(Br)nc1Nc1ccc2c(c1)CNC2=O. The second-order valence-corrected chi connectivity index (χ2v) is 4.91. The van der Waals surface area contributed by atoms with Crippen LogP contribution in [0.3, 0.4) is 0 Å². The van der Waals surface area contributed by atoms with E-state index in [1.54, 1.807) is 4.68 Å². The number of benzene rings is 1. The van der Waals surface area contributed by atoms with Crippen molar-refractivity contribution in [1.82, 2.24) is 20.1 Å². The minimum atomic E-state index is -0.0129. The summed E-state index contributed by atoms with van der Waals surface area (Å²) >= 11 is 3.26. The molecule has 0 radical (unpaired) electrons. The third-order valence-corrected chi connectivity index (χ3v) is 3.33. The number of nitrogens with zero attached hydrogens (tertiary/aromatic N) is 3. The molecule has 2 aromatic rings. The van der Waals surface area contributed by atoms with Crippen LogP contribution in [0.1, 0.15) is 22.8 Å². The van der Waals surface area contributed by atoms with Crippen LogP contribution < -0.4 is 10.6 Å². The number of aryl methyl sites for hydroxylation is 1. The molecule has 3 rings (SSSR count). The highest BCUT2D eigenvalue weighted by Gasteiger charge is 2.18. The van der Waals surface area contributed by atoms with Crippen molar-refractivity contribution in [3.8, 4) is 0 Å². The maximum Gasteiger partial charge on any atom is 0.251 e. The van der Waals surface area contributed by atoms with Crippen LogP contribution in [-0.2, 0) is 13.1 Å². The molecule has 0 fully saturated rings. The molecule has 1 aliphatic rings. The van der Waals surface area contributed by atoms with Crippen LogP contribution in [0.4, 0.5) is 11.6 Å². The van der Waals surface area contributed by atoms with E-state index in [-0.39, 0.29) is 5.91 Å². The fourth-order valence-electron chi connectivity index (χ4n) is 2.07. The fraction of sp³-hybridized carbons (Fsp3) is 0.250. The van der Waals surface area contributed by atoms with Gasteiger partial charge < -0.3 is 10.6 Å². The molecule has 0 unspecified atom stereocenters. The maximum absolute atomic E-state index is 11.5. The minimum absolute atomic E-state index is 0.0129. The van der Waals surface area contributed by atoms with E-state index in [4.69, 9.17) is 0 Å². The lowest BCUT2D eigenvalue weighted by atomic mass is 10.1. The normalized spacial score (nSPS) is 13.3. The van der Waals surface area contributed by atoms with Gasteiger partial charge in [-0.3, -0.25) is 4.79 Å². The highest BCUT2D eigenvalue weighted by molar-refractivity contribution is 9.10. The summed E-state index contributed by atoms with van der Waals surface area (Å²) in [5.41, 5.74) is 2.63. The van der Waals surface area contributed by atoms with Gasteiger partial charge in [0, 0.05) is 24.3 Å². The molecule has 2 N–H and O–H groups in total. The van der Waals surface area contributed by atoms with E-state index in [9.17, 15) is 4.79 Å². The number of aromatic nitrogens is 3. The molecule has 0 aliphatic carbocycles. The molecule has 6 nitrogen and oxygen atoms in total. The Morgan fingerprint density at radius 1 is 1.53 bits per heavy atom. The third kappa shape index (κ3) is 2.21. The van der Waals surface area contributed by atoms with E-state index in [0.717, 1.165) is 23.4 Å². The van der Waals surface area contributed by atoms with Gasteiger partial charge in [0.1, 0.15) is 0 Å². The molecule has 2 heterocycles. The number of nitrogens with one attached hydrogen (secondary N) is 2. The van der Waals surface area contributed by atoms with Crippen molar-refractivity contribution in [2.45, 2.75) is 20.0 Å². The summed E-state index contributed by atoms with van der Waals surface area (Å²) in [6.07, 6.45) is 0. The number of hydrogen-bond donors (Lipinski definition) is 2. The number of halogens is 1.